The first-order valence-electron chi connectivity index (χ1n) is 14.8. The van der Waals surface area contributed by atoms with Crippen LogP contribution in [0.1, 0.15) is 0 Å². The number of hydrogen-bond donors (Lipinski definition) is 0. The van der Waals surface area contributed by atoms with Crippen LogP contribution in [-0.4, -0.2) is 14.5 Å². The molecule has 0 amide bonds. The molecule has 0 radical (unpaired) electrons. The molecule has 0 spiro atoms. The Morgan fingerprint density at radius 1 is 0.432 bits per heavy atom. The van der Waals surface area contributed by atoms with Gasteiger partial charge in [-0.2, -0.15) is 0 Å². The second-order valence-corrected chi connectivity index (χ2v) is 12.4. The van der Waals surface area contributed by atoms with Crippen molar-refractivity contribution in [3.05, 3.63) is 140 Å². The first-order valence-corrected chi connectivity index (χ1v) is 15.7. The molecule has 0 fully saturated rings. The van der Waals surface area contributed by atoms with Gasteiger partial charge in [-0.25, -0.2) is 9.97 Å². The third-order valence-corrected chi connectivity index (χ3v) is 10.2. The Balaban J connectivity index is 1.32. The van der Waals surface area contributed by atoms with Crippen molar-refractivity contribution in [1.82, 2.24) is 14.5 Å². The molecule has 6 aromatic carbocycles. The SMILES string of the molecule is c1ccc2c(c1)-c1ccccc1-c1cnc(-n3c4ccccc4c4c5c(ccc43)sc3ccccc35)nc1-c1ccccc1-2. The molecule has 3 nitrogen and oxygen atoms in total. The lowest BCUT2D eigenvalue weighted by molar-refractivity contribution is 0.994. The van der Waals surface area contributed by atoms with Crippen molar-refractivity contribution in [2.45, 2.75) is 0 Å². The van der Waals surface area contributed by atoms with Crippen molar-refractivity contribution >= 4 is 53.3 Å². The fraction of sp³-hybridized carbons (Fsp3) is 0. The van der Waals surface area contributed by atoms with Crippen LogP contribution >= 0.6 is 11.3 Å². The molecule has 204 valence electrons. The van der Waals surface area contributed by atoms with E-state index in [2.05, 4.69) is 138 Å². The van der Waals surface area contributed by atoms with Crippen molar-refractivity contribution in [1.29, 1.82) is 0 Å². The molecule has 9 aromatic rings. The van der Waals surface area contributed by atoms with Crippen LogP contribution in [-0.2, 0) is 0 Å². The third kappa shape index (κ3) is 3.20. The molecule has 1 aliphatic carbocycles. The number of rotatable bonds is 1. The van der Waals surface area contributed by atoms with Gasteiger partial charge in [0.25, 0.3) is 0 Å². The number of hydrogen-bond acceptors (Lipinski definition) is 3. The lowest BCUT2D eigenvalue weighted by Gasteiger charge is -2.22. The van der Waals surface area contributed by atoms with Crippen LogP contribution in [0.5, 0.6) is 0 Å². The number of thiophene rings is 1. The highest BCUT2D eigenvalue weighted by Gasteiger charge is 2.25. The normalized spacial score (nSPS) is 12.1. The summed E-state index contributed by atoms with van der Waals surface area (Å²) in [7, 11) is 0. The highest BCUT2D eigenvalue weighted by atomic mass is 32.1. The van der Waals surface area contributed by atoms with E-state index in [0.717, 1.165) is 33.4 Å². The van der Waals surface area contributed by atoms with Gasteiger partial charge >= 0.3 is 0 Å². The lowest BCUT2D eigenvalue weighted by Crippen LogP contribution is -2.05. The van der Waals surface area contributed by atoms with E-state index >= 15 is 0 Å². The molecule has 0 unspecified atom stereocenters. The molecule has 3 heterocycles. The molecule has 0 atom stereocenters. The molecule has 10 rings (SSSR count). The number of fused-ring (bicyclic) bond motifs is 15. The van der Waals surface area contributed by atoms with E-state index in [1.165, 1.54) is 53.2 Å². The zero-order valence-corrected chi connectivity index (χ0v) is 24.3. The predicted octanol–water partition coefficient (Wildman–Crippen LogP) is 10.9. The Kier molecular flexibility index (Phi) is 4.87. The minimum absolute atomic E-state index is 0.676. The van der Waals surface area contributed by atoms with Crippen LogP contribution < -0.4 is 0 Å². The fourth-order valence-electron chi connectivity index (χ4n) is 7.20. The van der Waals surface area contributed by atoms with Gasteiger partial charge in [0.15, 0.2) is 0 Å². The van der Waals surface area contributed by atoms with E-state index in [9.17, 15) is 0 Å². The van der Waals surface area contributed by atoms with E-state index in [0.29, 0.717) is 5.95 Å². The van der Waals surface area contributed by atoms with Crippen molar-refractivity contribution < 1.29 is 0 Å². The lowest BCUT2D eigenvalue weighted by atomic mass is 9.83. The molecule has 0 aliphatic heterocycles. The average molecular weight is 578 g/mol. The van der Waals surface area contributed by atoms with Gasteiger partial charge in [-0.3, -0.25) is 4.57 Å². The Hall–Kier alpha value is -5.58. The minimum Gasteiger partial charge on any atom is -0.278 e. The fourth-order valence-corrected chi connectivity index (χ4v) is 8.32. The summed E-state index contributed by atoms with van der Waals surface area (Å²) in [5.41, 5.74) is 11.3. The Morgan fingerprint density at radius 2 is 1.00 bits per heavy atom. The Morgan fingerprint density at radius 3 is 1.73 bits per heavy atom. The molecule has 44 heavy (non-hydrogen) atoms. The van der Waals surface area contributed by atoms with E-state index in [1.54, 1.807) is 0 Å². The van der Waals surface area contributed by atoms with Crippen LogP contribution in [0.2, 0.25) is 0 Å². The van der Waals surface area contributed by atoms with Gasteiger partial charge in [-0.1, -0.05) is 109 Å². The highest BCUT2D eigenvalue weighted by molar-refractivity contribution is 7.26. The summed E-state index contributed by atoms with van der Waals surface area (Å²) >= 11 is 1.85. The van der Waals surface area contributed by atoms with Gasteiger partial charge < -0.3 is 0 Å². The molecular formula is C40H23N3S. The summed E-state index contributed by atoms with van der Waals surface area (Å²) in [5.74, 6) is 0.676. The summed E-state index contributed by atoms with van der Waals surface area (Å²) in [6.45, 7) is 0. The van der Waals surface area contributed by atoms with Gasteiger partial charge in [0.05, 0.1) is 16.7 Å². The molecule has 0 saturated carbocycles. The molecule has 3 aromatic heterocycles. The first-order chi connectivity index (χ1) is 21.8. The maximum atomic E-state index is 5.46. The van der Waals surface area contributed by atoms with Crippen molar-refractivity contribution in [2.75, 3.05) is 0 Å². The smallest absolute Gasteiger partial charge is 0.235 e. The highest BCUT2D eigenvalue weighted by Crippen LogP contribution is 2.47. The topological polar surface area (TPSA) is 30.7 Å². The first kappa shape index (κ1) is 23.9. The zero-order chi connectivity index (χ0) is 28.8. The summed E-state index contributed by atoms with van der Waals surface area (Å²) in [6, 6.07) is 47.8. The monoisotopic (exact) mass is 577 g/mol. The van der Waals surface area contributed by atoms with Gasteiger partial charge in [0.2, 0.25) is 5.95 Å². The van der Waals surface area contributed by atoms with Gasteiger partial charge in [0, 0.05) is 48.3 Å². The number of benzene rings is 6. The van der Waals surface area contributed by atoms with Crippen molar-refractivity contribution in [2.24, 2.45) is 0 Å². The van der Waals surface area contributed by atoms with Crippen LogP contribution in [0.3, 0.4) is 0 Å². The predicted molar refractivity (Wildman–Crippen MR) is 185 cm³/mol. The van der Waals surface area contributed by atoms with Crippen LogP contribution in [0, 0.1) is 0 Å². The maximum absolute atomic E-state index is 5.46. The molecule has 0 saturated heterocycles. The van der Waals surface area contributed by atoms with Crippen LogP contribution in [0.4, 0.5) is 0 Å². The van der Waals surface area contributed by atoms with Crippen molar-refractivity contribution in [3.63, 3.8) is 0 Å². The second-order valence-electron chi connectivity index (χ2n) is 11.4. The van der Waals surface area contributed by atoms with Crippen LogP contribution in [0.15, 0.2) is 140 Å². The summed E-state index contributed by atoms with van der Waals surface area (Å²) in [6.07, 6.45) is 2.03. The van der Waals surface area contributed by atoms with Gasteiger partial charge in [-0.05, 0) is 52.1 Å². The molecule has 4 heteroatoms. The van der Waals surface area contributed by atoms with Gasteiger partial charge in [-0.15, -0.1) is 11.3 Å². The zero-order valence-electron chi connectivity index (χ0n) is 23.5. The average Bonchev–Trinajstić information content (AvgIpc) is 3.63. The minimum atomic E-state index is 0.676. The van der Waals surface area contributed by atoms with E-state index in [-0.39, 0.29) is 0 Å². The quantitative estimate of drug-likeness (QED) is 0.194. The molecule has 0 N–H and O–H groups in total. The van der Waals surface area contributed by atoms with E-state index in [1.807, 2.05) is 17.5 Å². The number of aromatic nitrogens is 3. The van der Waals surface area contributed by atoms with Crippen LogP contribution in [0.25, 0.3) is 92.6 Å². The summed E-state index contributed by atoms with van der Waals surface area (Å²) < 4.78 is 4.85. The van der Waals surface area contributed by atoms with E-state index in [4.69, 9.17) is 9.97 Å². The van der Waals surface area contributed by atoms with Gasteiger partial charge in [0.1, 0.15) is 0 Å². The molecular weight excluding hydrogens is 555 g/mol. The van der Waals surface area contributed by atoms with Crippen molar-refractivity contribution in [3.8, 4) is 50.6 Å². The molecule has 1 aliphatic rings. The maximum Gasteiger partial charge on any atom is 0.235 e. The molecule has 0 bridgehead atoms. The largest absolute Gasteiger partial charge is 0.278 e. The summed E-state index contributed by atoms with van der Waals surface area (Å²) in [5, 5.41) is 5.07. The standard InChI is InChI=1S/C40H23N3S/c1-2-12-25-24(11-1)26-13-3-4-15-28(26)32-23-41-40(42-39(32)29-16-6-5-14-27(25)29)43-33-19-9-7-17-30(33)37-34(43)21-22-36-38(37)31-18-8-10-20-35(31)44-36/h1-23H. The second kappa shape index (κ2) is 8.96. The Bertz CT molecular complexity index is 2620. The van der Waals surface area contributed by atoms with E-state index < -0.39 is 0 Å². The number of para-hydroxylation sites is 1. The number of nitrogens with zero attached hydrogens (tertiary/aromatic N) is 3. The third-order valence-electron chi connectivity index (χ3n) is 9.06. The Labute approximate surface area is 257 Å². The summed E-state index contributed by atoms with van der Waals surface area (Å²) in [4.78, 5) is 10.6.